The highest BCUT2D eigenvalue weighted by Crippen LogP contribution is 2.31. The Bertz CT molecular complexity index is 636. The molecule has 0 heterocycles. The molecule has 0 aliphatic rings. The van der Waals surface area contributed by atoms with Crippen molar-refractivity contribution in [3.8, 4) is 0 Å². The van der Waals surface area contributed by atoms with Crippen LogP contribution in [0.5, 0.6) is 0 Å². The van der Waals surface area contributed by atoms with Crippen molar-refractivity contribution in [3.05, 3.63) is 48.0 Å². The zero-order valence-electron chi connectivity index (χ0n) is 20.8. The molecule has 3 heteroatoms. The fraction of sp³-hybridized carbons (Fsp3) is 0.679. The monoisotopic (exact) mass is 430 g/mol. The molecule has 0 fully saturated rings. The number of unbranched alkanes of at least 4 members (excludes halogenated alkanes) is 6. The number of carbonyl (C=O) groups is 1. The van der Waals surface area contributed by atoms with Gasteiger partial charge in [-0.25, -0.2) is 4.79 Å². The normalized spacial score (nSPS) is 15.1. The summed E-state index contributed by atoms with van der Waals surface area (Å²) >= 11 is 0. The maximum Gasteiger partial charge on any atom is 0.330 e. The maximum absolute atomic E-state index is 11.6. The van der Waals surface area contributed by atoms with Gasteiger partial charge in [-0.15, -0.1) is 0 Å². The number of ether oxygens (including phenoxy) is 2. The van der Waals surface area contributed by atoms with Gasteiger partial charge in [-0.2, -0.15) is 0 Å². The summed E-state index contributed by atoms with van der Waals surface area (Å²) in [5, 5.41) is 0. The smallest absolute Gasteiger partial charge is 0.330 e. The van der Waals surface area contributed by atoms with Crippen molar-refractivity contribution in [1.29, 1.82) is 0 Å². The molecule has 1 aromatic rings. The molecule has 0 saturated heterocycles. The van der Waals surface area contributed by atoms with E-state index in [0.717, 1.165) is 19.3 Å². The van der Waals surface area contributed by atoms with Crippen LogP contribution >= 0.6 is 0 Å². The molecule has 176 valence electrons. The third kappa shape index (κ3) is 10.0. The van der Waals surface area contributed by atoms with Crippen molar-refractivity contribution < 1.29 is 14.3 Å². The van der Waals surface area contributed by atoms with Gasteiger partial charge >= 0.3 is 5.97 Å². The quantitative estimate of drug-likeness (QED) is 0.143. The Labute approximate surface area is 191 Å². The summed E-state index contributed by atoms with van der Waals surface area (Å²) in [6, 6.07) is 8.95. The summed E-state index contributed by atoms with van der Waals surface area (Å²) in [5.74, 6) is -0.376. The Morgan fingerprint density at radius 3 is 2.10 bits per heavy atom. The third-order valence-electron chi connectivity index (χ3n) is 6.62. The highest BCUT2D eigenvalue weighted by atomic mass is 16.6. The van der Waals surface area contributed by atoms with E-state index in [0.29, 0.717) is 13.0 Å². The molecule has 0 aliphatic heterocycles. The van der Waals surface area contributed by atoms with E-state index in [1.165, 1.54) is 62.1 Å². The van der Waals surface area contributed by atoms with Gasteiger partial charge < -0.3 is 9.47 Å². The molecule has 0 aliphatic carbocycles. The molecule has 3 nitrogen and oxygen atoms in total. The highest BCUT2D eigenvalue weighted by molar-refractivity contribution is 5.81. The molecule has 31 heavy (non-hydrogen) atoms. The lowest BCUT2D eigenvalue weighted by molar-refractivity contribution is -0.155. The van der Waals surface area contributed by atoms with Crippen LogP contribution in [0.15, 0.2) is 36.9 Å². The first-order chi connectivity index (χ1) is 14.8. The number of hydrogen-bond acceptors (Lipinski definition) is 3. The van der Waals surface area contributed by atoms with Crippen LogP contribution in [0.3, 0.4) is 0 Å². The SMILES string of the molecule is C=CC(=O)OC(C)(CC)CCOC(C)(CC)c1ccc(CCCCCCCCC)cc1. The average Bonchev–Trinajstić information content (AvgIpc) is 2.78. The van der Waals surface area contributed by atoms with Crippen molar-refractivity contribution in [3.63, 3.8) is 0 Å². The van der Waals surface area contributed by atoms with Gasteiger partial charge in [0, 0.05) is 12.5 Å². The lowest BCUT2D eigenvalue weighted by atomic mass is 9.91. The van der Waals surface area contributed by atoms with Crippen molar-refractivity contribution >= 4 is 5.97 Å². The molecule has 0 amide bonds. The average molecular weight is 431 g/mol. The molecule has 0 aromatic heterocycles. The first-order valence-corrected chi connectivity index (χ1v) is 12.4. The Balaban J connectivity index is 2.54. The Morgan fingerprint density at radius 2 is 1.55 bits per heavy atom. The van der Waals surface area contributed by atoms with Crippen LogP contribution in [-0.2, 0) is 26.3 Å². The first-order valence-electron chi connectivity index (χ1n) is 12.4. The van der Waals surface area contributed by atoms with Gasteiger partial charge in [-0.3, -0.25) is 0 Å². The van der Waals surface area contributed by atoms with Gasteiger partial charge in [0.1, 0.15) is 5.60 Å². The second kappa shape index (κ2) is 14.5. The number of carbonyl (C=O) groups excluding carboxylic acids is 1. The summed E-state index contributed by atoms with van der Waals surface area (Å²) in [6.07, 6.45) is 14.1. The predicted octanol–water partition coefficient (Wildman–Crippen LogP) is 7.91. The third-order valence-corrected chi connectivity index (χ3v) is 6.62. The Morgan fingerprint density at radius 1 is 0.935 bits per heavy atom. The van der Waals surface area contributed by atoms with E-state index in [9.17, 15) is 4.79 Å². The zero-order valence-corrected chi connectivity index (χ0v) is 20.8. The molecule has 2 atom stereocenters. The van der Waals surface area contributed by atoms with E-state index in [1.54, 1.807) is 0 Å². The van der Waals surface area contributed by atoms with Crippen molar-refractivity contribution in [2.75, 3.05) is 6.61 Å². The van der Waals surface area contributed by atoms with Gasteiger partial charge in [-0.1, -0.05) is 90.1 Å². The second-order valence-corrected chi connectivity index (χ2v) is 9.18. The van der Waals surface area contributed by atoms with Gasteiger partial charge in [-0.05, 0) is 50.7 Å². The van der Waals surface area contributed by atoms with Crippen LogP contribution in [0.25, 0.3) is 0 Å². The molecule has 1 rings (SSSR count). The fourth-order valence-corrected chi connectivity index (χ4v) is 3.78. The number of rotatable bonds is 17. The predicted molar refractivity (Wildman–Crippen MR) is 131 cm³/mol. The fourth-order valence-electron chi connectivity index (χ4n) is 3.78. The summed E-state index contributed by atoms with van der Waals surface area (Å²) < 4.78 is 11.9. The summed E-state index contributed by atoms with van der Waals surface area (Å²) in [4.78, 5) is 11.6. The zero-order chi connectivity index (χ0) is 23.2. The van der Waals surface area contributed by atoms with E-state index in [2.05, 4.69) is 51.6 Å². The number of esters is 1. The molecular formula is C28H46O3. The number of hydrogen-bond donors (Lipinski definition) is 0. The van der Waals surface area contributed by atoms with Crippen LogP contribution in [0.4, 0.5) is 0 Å². The molecule has 2 unspecified atom stereocenters. The van der Waals surface area contributed by atoms with Gasteiger partial charge in [0.05, 0.1) is 12.2 Å². The van der Waals surface area contributed by atoms with E-state index >= 15 is 0 Å². The Hall–Kier alpha value is -1.61. The van der Waals surface area contributed by atoms with Gasteiger partial charge in [0.2, 0.25) is 0 Å². The molecule has 0 N–H and O–H groups in total. The lowest BCUT2D eigenvalue weighted by Crippen LogP contribution is -2.34. The topological polar surface area (TPSA) is 35.5 Å². The van der Waals surface area contributed by atoms with Crippen LogP contribution in [0, 0.1) is 0 Å². The number of benzene rings is 1. The van der Waals surface area contributed by atoms with E-state index in [4.69, 9.17) is 9.47 Å². The summed E-state index contributed by atoms with van der Waals surface area (Å²) in [5.41, 5.74) is 1.75. The van der Waals surface area contributed by atoms with E-state index in [1.807, 2.05) is 13.8 Å². The molecular weight excluding hydrogens is 384 g/mol. The van der Waals surface area contributed by atoms with Crippen LogP contribution in [-0.4, -0.2) is 18.2 Å². The highest BCUT2D eigenvalue weighted by Gasteiger charge is 2.29. The van der Waals surface area contributed by atoms with Crippen LogP contribution in [0.2, 0.25) is 0 Å². The minimum Gasteiger partial charge on any atom is -0.456 e. The summed E-state index contributed by atoms with van der Waals surface area (Å²) in [6.45, 7) is 14.6. The van der Waals surface area contributed by atoms with Crippen LogP contribution in [0.1, 0.15) is 110 Å². The van der Waals surface area contributed by atoms with Crippen molar-refractivity contribution in [1.82, 2.24) is 0 Å². The molecule has 0 spiro atoms. The second-order valence-electron chi connectivity index (χ2n) is 9.18. The van der Waals surface area contributed by atoms with Crippen LogP contribution < -0.4 is 0 Å². The van der Waals surface area contributed by atoms with Gasteiger partial charge in [0.15, 0.2) is 0 Å². The first kappa shape index (κ1) is 27.4. The van der Waals surface area contributed by atoms with Crippen molar-refractivity contribution in [2.24, 2.45) is 0 Å². The maximum atomic E-state index is 11.6. The summed E-state index contributed by atoms with van der Waals surface area (Å²) in [7, 11) is 0. The van der Waals surface area contributed by atoms with Gasteiger partial charge in [0.25, 0.3) is 0 Å². The van der Waals surface area contributed by atoms with E-state index < -0.39 is 5.60 Å². The lowest BCUT2D eigenvalue weighted by Gasteiger charge is -2.33. The van der Waals surface area contributed by atoms with Crippen molar-refractivity contribution in [2.45, 2.75) is 116 Å². The molecule has 1 aromatic carbocycles. The standard InChI is InChI=1S/C28H46O3/c1-7-11-12-13-14-15-16-17-24-18-20-25(21-19-24)28(6,10-4)30-23-22-27(5,9-3)31-26(29)8-2/h8,18-21H,2,7,9-17,22-23H2,1,3-6H3. The molecule has 0 bridgehead atoms. The number of aryl methyl sites for hydroxylation is 1. The van der Waals surface area contributed by atoms with E-state index in [-0.39, 0.29) is 11.6 Å². The minimum absolute atomic E-state index is 0.338. The largest absolute Gasteiger partial charge is 0.456 e. The minimum atomic E-state index is -0.527. The Kier molecular flexibility index (Phi) is 12.8. The molecule has 0 radical (unpaired) electrons. The molecule has 0 saturated carbocycles.